The summed E-state index contributed by atoms with van der Waals surface area (Å²) in [5.74, 6) is 0.150. The van der Waals surface area contributed by atoms with Crippen molar-refractivity contribution in [3.05, 3.63) is 95.8 Å². The van der Waals surface area contributed by atoms with Crippen LogP contribution in [0.15, 0.2) is 78.9 Å². The van der Waals surface area contributed by atoms with Gasteiger partial charge in [-0.1, -0.05) is 42.5 Å². The van der Waals surface area contributed by atoms with E-state index in [0.29, 0.717) is 25.1 Å². The standard InChI is InChI=1S/C26H24FNO3/c1-18(29)7-16-24-25(28(26(24)30)22-12-10-21(27)11-13-22)20-8-14-23(15-9-20)31-17-19-5-3-2-4-6-19/h2-6,8-15,24-25H,7,16-17H2,1H3/t24?,25-/m1/s1. The van der Waals surface area contributed by atoms with E-state index in [1.54, 1.807) is 17.0 Å². The summed E-state index contributed by atoms with van der Waals surface area (Å²) < 4.78 is 19.2. The second-order valence-electron chi connectivity index (χ2n) is 7.82. The summed E-state index contributed by atoms with van der Waals surface area (Å²) in [6, 6.07) is 23.4. The minimum absolute atomic E-state index is 0.0396. The fourth-order valence-electron chi connectivity index (χ4n) is 3.96. The van der Waals surface area contributed by atoms with E-state index in [-0.39, 0.29) is 29.5 Å². The number of ketones is 1. The maximum absolute atomic E-state index is 13.4. The topological polar surface area (TPSA) is 46.6 Å². The molecule has 31 heavy (non-hydrogen) atoms. The van der Waals surface area contributed by atoms with Crippen LogP contribution in [0, 0.1) is 11.7 Å². The average Bonchev–Trinajstić information content (AvgIpc) is 2.78. The quantitative estimate of drug-likeness (QED) is 0.456. The zero-order valence-corrected chi connectivity index (χ0v) is 17.3. The Bertz CT molecular complexity index is 1050. The van der Waals surface area contributed by atoms with Gasteiger partial charge in [0.1, 0.15) is 24.0 Å². The Morgan fingerprint density at radius 1 is 0.968 bits per heavy atom. The van der Waals surface area contributed by atoms with Gasteiger partial charge < -0.3 is 14.4 Å². The first-order valence-corrected chi connectivity index (χ1v) is 10.4. The molecule has 1 saturated heterocycles. The number of ether oxygens (including phenoxy) is 1. The number of nitrogens with zero attached hydrogens (tertiary/aromatic N) is 1. The molecular formula is C26H24FNO3. The molecule has 3 aromatic rings. The number of amides is 1. The largest absolute Gasteiger partial charge is 0.489 e. The molecule has 1 aliphatic heterocycles. The Morgan fingerprint density at radius 3 is 2.29 bits per heavy atom. The molecule has 5 heteroatoms. The third-order valence-corrected chi connectivity index (χ3v) is 5.60. The fraction of sp³-hybridized carbons (Fsp3) is 0.231. The number of hydrogen-bond donors (Lipinski definition) is 0. The van der Waals surface area contributed by atoms with Crippen molar-refractivity contribution < 1.29 is 18.7 Å². The number of β-lactam (4-membered cyclic amide) rings is 1. The highest BCUT2D eigenvalue weighted by molar-refractivity contribution is 6.03. The molecule has 0 saturated carbocycles. The van der Waals surface area contributed by atoms with Crippen molar-refractivity contribution in [3.8, 4) is 5.75 Å². The predicted molar refractivity (Wildman–Crippen MR) is 117 cm³/mol. The molecule has 0 N–H and O–H groups in total. The molecule has 1 amide bonds. The molecular weight excluding hydrogens is 393 g/mol. The van der Waals surface area contributed by atoms with Gasteiger partial charge in [0, 0.05) is 12.1 Å². The van der Waals surface area contributed by atoms with Crippen LogP contribution in [-0.2, 0) is 16.2 Å². The van der Waals surface area contributed by atoms with E-state index in [2.05, 4.69) is 0 Å². The van der Waals surface area contributed by atoms with Gasteiger partial charge in [0.05, 0.1) is 12.0 Å². The Labute approximate surface area is 181 Å². The molecule has 158 valence electrons. The van der Waals surface area contributed by atoms with Gasteiger partial charge >= 0.3 is 0 Å². The number of carbonyl (C=O) groups excluding carboxylic acids is 2. The van der Waals surface area contributed by atoms with Crippen molar-refractivity contribution in [3.63, 3.8) is 0 Å². The van der Waals surface area contributed by atoms with E-state index in [0.717, 1.165) is 16.9 Å². The van der Waals surface area contributed by atoms with Crippen molar-refractivity contribution in [2.75, 3.05) is 4.90 Å². The highest BCUT2D eigenvalue weighted by Crippen LogP contribution is 2.45. The summed E-state index contributed by atoms with van der Waals surface area (Å²) in [4.78, 5) is 26.0. The summed E-state index contributed by atoms with van der Waals surface area (Å²) in [5, 5.41) is 0. The molecule has 1 heterocycles. The van der Waals surface area contributed by atoms with E-state index in [4.69, 9.17) is 4.74 Å². The molecule has 1 aliphatic rings. The van der Waals surface area contributed by atoms with Crippen LogP contribution in [0.2, 0.25) is 0 Å². The number of anilines is 1. The SMILES string of the molecule is CC(=O)CCC1C(=O)N(c2ccc(F)cc2)[C@@H]1c1ccc(OCc2ccccc2)cc1. The Balaban J connectivity index is 1.53. The molecule has 0 spiro atoms. The van der Waals surface area contributed by atoms with Gasteiger partial charge in [-0.15, -0.1) is 0 Å². The van der Waals surface area contributed by atoms with Crippen molar-refractivity contribution in [1.29, 1.82) is 0 Å². The molecule has 1 unspecified atom stereocenters. The fourth-order valence-corrected chi connectivity index (χ4v) is 3.96. The van der Waals surface area contributed by atoms with Gasteiger partial charge in [-0.05, 0) is 60.9 Å². The maximum atomic E-state index is 13.4. The van der Waals surface area contributed by atoms with Crippen LogP contribution in [0.5, 0.6) is 5.75 Å². The minimum Gasteiger partial charge on any atom is -0.489 e. The summed E-state index contributed by atoms with van der Waals surface area (Å²) >= 11 is 0. The van der Waals surface area contributed by atoms with Crippen molar-refractivity contribution >= 4 is 17.4 Å². The zero-order valence-electron chi connectivity index (χ0n) is 17.3. The minimum atomic E-state index is -0.346. The lowest BCUT2D eigenvalue weighted by Crippen LogP contribution is -2.55. The van der Waals surface area contributed by atoms with Crippen LogP contribution in [0.1, 0.15) is 36.9 Å². The first-order valence-electron chi connectivity index (χ1n) is 10.4. The van der Waals surface area contributed by atoms with Gasteiger partial charge in [-0.25, -0.2) is 4.39 Å². The Kier molecular flexibility index (Phi) is 6.12. The number of hydrogen-bond acceptors (Lipinski definition) is 3. The molecule has 1 fully saturated rings. The first-order chi connectivity index (χ1) is 15.0. The molecule has 0 aliphatic carbocycles. The average molecular weight is 417 g/mol. The molecule has 4 rings (SSSR count). The zero-order chi connectivity index (χ0) is 21.8. The normalized spacial score (nSPS) is 17.9. The molecule has 0 aromatic heterocycles. The summed E-state index contributed by atoms with van der Waals surface area (Å²) in [6.45, 7) is 2.01. The van der Waals surface area contributed by atoms with E-state index in [9.17, 15) is 14.0 Å². The monoisotopic (exact) mass is 417 g/mol. The second-order valence-corrected chi connectivity index (χ2v) is 7.82. The number of benzene rings is 3. The van der Waals surface area contributed by atoms with Crippen molar-refractivity contribution in [2.45, 2.75) is 32.4 Å². The number of Topliss-reactive ketones (excluding diaryl/α,β-unsaturated/α-hetero) is 1. The smallest absolute Gasteiger partial charge is 0.233 e. The maximum Gasteiger partial charge on any atom is 0.233 e. The Morgan fingerprint density at radius 2 is 1.65 bits per heavy atom. The van der Waals surface area contributed by atoms with Gasteiger partial charge in [-0.3, -0.25) is 4.79 Å². The van der Waals surface area contributed by atoms with E-state index < -0.39 is 0 Å². The van der Waals surface area contributed by atoms with E-state index in [1.807, 2.05) is 54.6 Å². The van der Waals surface area contributed by atoms with Crippen LogP contribution >= 0.6 is 0 Å². The van der Waals surface area contributed by atoms with Crippen LogP contribution in [0.25, 0.3) is 0 Å². The lowest BCUT2D eigenvalue weighted by atomic mass is 9.78. The first kappa shape index (κ1) is 20.8. The van der Waals surface area contributed by atoms with Crippen molar-refractivity contribution in [2.24, 2.45) is 5.92 Å². The van der Waals surface area contributed by atoms with Gasteiger partial charge in [0.25, 0.3) is 0 Å². The van der Waals surface area contributed by atoms with Crippen LogP contribution in [0.4, 0.5) is 10.1 Å². The number of carbonyl (C=O) groups is 2. The molecule has 0 radical (unpaired) electrons. The lowest BCUT2D eigenvalue weighted by molar-refractivity contribution is -0.131. The number of rotatable bonds is 8. The molecule has 4 nitrogen and oxygen atoms in total. The summed E-state index contributed by atoms with van der Waals surface area (Å²) in [5.41, 5.74) is 2.70. The van der Waals surface area contributed by atoms with Crippen LogP contribution < -0.4 is 9.64 Å². The lowest BCUT2D eigenvalue weighted by Gasteiger charge is -2.47. The number of halogens is 1. The van der Waals surface area contributed by atoms with Gasteiger partial charge in [-0.2, -0.15) is 0 Å². The van der Waals surface area contributed by atoms with Gasteiger partial charge in [0.15, 0.2) is 0 Å². The Hall–Kier alpha value is -3.47. The molecule has 2 atom stereocenters. The molecule has 3 aromatic carbocycles. The van der Waals surface area contributed by atoms with E-state index in [1.165, 1.54) is 19.1 Å². The summed E-state index contributed by atoms with van der Waals surface area (Å²) in [7, 11) is 0. The van der Waals surface area contributed by atoms with Crippen LogP contribution in [0.3, 0.4) is 0 Å². The third kappa shape index (κ3) is 4.66. The van der Waals surface area contributed by atoms with Gasteiger partial charge in [0.2, 0.25) is 5.91 Å². The highest BCUT2D eigenvalue weighted by Gasteiger charge is 2.48. The van der Waals surface area contributed by atoms with Crippen LogP contribution in [-0.4, -0.2) is 11.7 Å². The van der Waals surface area contributed by atoms with Crippen molar-refractivity contribution in [1.82, 2.24) is 0 Å². The summed E-state index contributed by atoms with van der Waals surface area (Å²) in [6.07, 6.45) is 0.866. The predicted octanol–water partition coefficient (Wildman–Crippen LogP) is 5.48. The third-order valence-electron chi connectivity index (χ3n) is 5.60. The molecule has 0 bridgehead atoms. The van der Waals surface area contributed by atoms with E-state index >= 15 is 0 Å². The highest BCUT2D eigenvalue weighted by atomic mass is 19.1. The second kappa shape index (κ2) is 9.13.